The summed E-state index contributed by atoms with van der Waals surface area (Å²) in [7, 11) is 0. The first kappa shape index (κ1) is 6.54. The van der Waals surface area contributed by atoms with Gasteiger partial charge < -0.3 is 5.73 Å². The second-order valence-corrected chi connectivity index (χ2v) is 1.71. The van der Waals surface area contributed by atoms with Crippen LogP contribution in [-0.2, 0) is 0 Å². The van der Waals surface area contributed by atoms with Crippen LogP contribution in [-0.4, -0.2) is 11.7 Å². The molecule has 0 saturated carbocycles. The summed E-state index contributed by atoms with van der Waals surface area (Å²) < 4.78 is 0. The van der Waals surface area contributed by atoms with E-state index in [-0.39, 0.29) is 0 Å². The summed E-state index contributed by atoms with van der Waals surface area (Å²) in [5.74, 6) is 0.539. The maximum Gasteiger partial charge on any atom is 0.169 e. The van der Waals surface area contributed by atoms with Crippen LogP contribution in [0, 0.1) is 0 Å². The van der Waals surface area contributed by atoms with Gasteiger partial charge in [0.05, 0.1) is 5.69 Å². The van der Waals surface area contributed by atoms with E-state index in [2.05, 4.69) is 22.2 Å². The van der Waals surface area contributed by atoms with Crippen LogP contribution in [0.2, 0.25) is 0 Å². The Kier molecular flexibility index (Phi) is 1.84. The van der Waals surface area contributed by atoms with Crippen molar-refractivity contribution in [3.05, 3.63) is 18.3 Å². The number of nitrogens with two attached hydrogens (primary N) is 1. The molecule has 4 nitrogen and oxygen atoms in total. The molecule has 0 aliphatic carbocycles. The molecule has 0 aliphatic rings. The van der Waals surface area contributed by atoms with Crippen LogP contribution in [0.1, 0.15) is 0 Å². The van der Waals surface area contributed by atoms with Crippen molar-refractivity contribution in [3.63, 3.8) is 0 Å². The fraction of sp³-hybridized carbons (Fsp3) is 0. The molecule has 0 aromatic carbocycles. The molecular formula is C6H8N4. The van der Waals surface area contributed by atoms with E-state index in [0.29, 0.717) is 11.5 Å². The van der Waals surface area contributed by atoms with Gasteiger partial charge in [-0.15, -0.1) is 0 Å². The lowest BCUT2D eigenvalue weighted by atomic mass is 10.4. The van der Waals surface area contributed by atoms with Crippen molar-refractivity contribution in [1.29, 1.82) is 0 Å². The van der Waals surface area contributed by atoms with Crippen LogP contribution in [0.5, 0.6) is 0 Å². The van der Waals surface area contributed by atoms with E-state index >= 15 is 0 Å². The largest absolute Gasteiger partial charge is 0.396 e. The molecule has 3 N–H and O–H groups in total. The second-order valence-electron chi connectivity index (χ2n) is 1.71. The molecule has 0 atom stereocenters. The minimum absolute atomic E-state index is 0.539. The van der Waals surface area contributed by atoms with Gasteiger partial charge in [0, 0.05) is 12.9 Å². The number of nitrogens with zero attached hydrogens (tertiary/aromatic N) is 2. The zero-order valence-corrected chi connectivity index (χ0v) is 5.41. The summed E-state index contributed by atoms with van der Waals surface area (Å²) in [4.78, 5) is 3.90. The quantitative estimate of drug-likeness (QED) is 0.464. The number of hydrogen-bond acceptors (Lipinski definition) is 4. The number of hydrogen-bond donors (Lipinski definition) is 2. The smallest absolute Gasteiger partial charge is 0.169 e. The van der Waals surface area contributed by atoms with Crippen molar-refractivity contribution in [2.24, 2.45) is 5.10 Å². The van der Waals surface area contributed by atoms with E-state index in [1.54, 1.807) is 18.3 Å². The predicted molar refractivity (Wildman–Crippen MR) is 41.8 cm³/mol. The van der Waals surface area contributed by atoms with Gasteiger partial charge >= 0.3 is 0 Å². The number of pyridine rings is 1. The van der Waals surface area contributed by atoms with Crippen LogP contribution < -0.4 is 11.2 Å². The second kappa shape index (κ2) is 2.82. The third kappa shape index (κ3) is 1.22. The summed E-state index contributed by atoms with van der Waals surface area (Å²) in [6.45, 7) is 3.24. The van der Waals surface area contributed by atoms with Crippen molar-refractivity contribution < 1.29 is 0 Å². The fourth-order valence-electron chi connectivity index (χ4n) is 0.586. The summed E-state index contributed by atoms with van der Waals surface area (Å²) in [5.41, 5.74) is 8.61. The Morgan fingerprint density at radius 1 is 1.70 bits per heavy atom. The molecule has 0 bridgehead atoms. The number of hydrazone groups is 1. The molecule has 0 aliphatic heterocycles. The van der Waals surface area contributed by atoms with Crippen molar-refractivity contribution in [1.82, 2.24) is 4.98 Å². The maximum absolute atomic E-state index is 5.49. The van der Waals surface area contributed by atoms with Gasteiger partial charge in [-0.2, -0.15) is 5.10 Å². The Hall–Kier alpha value is -1.58. The van der Waals surface area contributed by atoms with Crippen LogP contribution in [0.4, 0.5) is 11.5 Å². The Morgan fingerprint density at radius 3 is 3.10 bits per heavy atom. The van der Waals surface area contributed by atoms with Gasteiger partial charge in [0.25, 0.3) is 0 Å². The van der Waals surface area contributed by atoms with Gasteiger partial charge in [-0.3, -0.25) is 5.43 Å². The lowest BCUT2D eigenvalue weighted by molar-refractivity contribution is 1.24. The lowest BCUT2D eigenvalue weighted by Crippen LogP contribution is -1.96. The van der Waals surface area contributed by atoms with Crippen LogP contribution in [0.25, 0.3) is 0 Å². The summed E-state index contributed by atoms with van der Waals surface area (Å²) in [6.07, 6.45) is 1.63. The van der Waals surface area contributed by atoms with E-state index in [9.17, 15) is 0 Å². The molecule has 10 heavy (non-hydrogen) atoms. The van der Waals surface area contributed by atoms with Crippen LogP contribution in [0.15, 0.2) is 23.4 Å². The normalized spacial score (nSPS) is 8.80. The fourth-order valence-corrected chi connectivity index (χ4v) is 0.586. The van der Waals surface area contributed by atoms with Crippen molar-refractivity contribution in [2.75, 3.05) is 11.2 Å². The van der Waals surface area contributed by atoms with Crippen molar-refractivity contribution in [3.8, 4) is 0 Å². The zero-order valence-electron chi connectivity index (χ0n) is 5.41. The highest BCUT2D eigenvalue weighted by atomic mass is 15.3. The number of aromatic nitrogens is 1. The molecule has 0 radical (unpaired) electrons. The first-order valence-corrected chi connectivity index (χ1v) is 2.77. The molecule has 0 saturated heterocycles. The molecule has 52 valence electrons. The third-order valence-corrected chi connectivity index (χ3v) is 1.02. The van der Waals surface area contributed by atoms with Crippen LogP contribution >= 0.6 is 0 Å². The van der Waals surface area contributed by atoms with E-state index in [0.717, 1.165) is 0 Å². The molecule has 0 spiro atoms. The number of rotatable bonds is 2. The van der Waals surface area contributed by atoms with Gasteiger partial charge in [0.15, 0.2) is 5.82 Å². The van der Waals surface area contributed by atoms with E-state index in [1.165, 1.54) is 0 Å². The molecular weight excluding hydrogens is 128 g/mol. The molecule has 0 amide bonds. The Bertz CT molecular complexity index is 233. The minimum Gasteiger partial charge on any atom is -0.396 e. The predicted octanol–water partition coefficient (Wildman–Crippen LogP) is 0.691. The van der Waals surface area contributed by atoms with Gasteiger partial charge in [0.2, 0.25) is 0 Å². The molecule has 1 rings (SSSR count). The Labute approximate surface area is 58.8 Å². The topological polar surface area (TPSA) is 63.3 Å². The van der Waals surface area contributed by atoms with Crippen molar-refractivity contribution >= 4 is 18.2 Å². The van der Waals surface area contributed by atoms with E-state index in [4.69, 9.17) is 5.73 Å². The van der Waals surface area contributed by atoms with Gasteiger partial charge in [0.1, 0.15) is 0 Å². The molecule has 0 unspecified atom stereocenters. The first-order chi connectivity index (χ1) is 4.84. The van der Waals surface area contributed by atoms with E-state index < -0.39 is 0 Å². The summed E-state index contributed by atoms with van der Waals surface area (Å²) in [5, 5.41) is 3.42. The molecule has 4 heteroatoms. The molecule has 1 heterocycles. The first-order valence-electron chi connectivity index (χ1n) is 2.77. The van der Waals surface area contributed by atoms with Gasteiger partial charge in [-0.25, -0.2) is 4.98 Å². The SMILES string of the molecule is C=NNc1ncccc1N. The van der Waals surface area contributed by atoms with Crippen molar-refractivity contribution in [2.45, 2.75) is 0 Å². The number of nitrogen functional groups attached to an aromatic ring is 1. The van der Waals surface area contributed by atoms with E-state index in [1.807, 2.05) is 0 Å². The number of nitrogens with one attached hydrogen (secondary N) is 1. The number of anilines is 2. The molecule has 0 fully saturated rings. The monoisotopic (exact) mass is 136 g/mol. The average Bonchev–Trinajstić information content (AvgIpc) is 1.94. The zero-order chi connectivity index (χ0) is 7.40. The molecule has 1 aromatic rings. The third-order valence-electron chi connectivity index (χ3n) is 1.02. The Morgan fingerprint density at radius 2 is 2.50 bits per heavy atom. The van der Waals surface area contributed by atoms with Gasteiger partial charge in [-0.1, -0.05) is 0 Å². The standard InChI is InChI=1S/C6H8N4/c1-8-10-6-5(7)3-2-4-9-6/h2-4H,1,7H2,(H,9,10). The van der Waals surface area contributed by atoms with Crippen LogP contribution in [0.3, 0.4) is 0 Å². The summed E-state index contributed by atoms with van der Waals surface area (Å²) in [6, 6.07) is 3.49. The van der Waals surface area contributed by atoms with Gasteiger partial charge in [-0.05, 0) is 12.1 Å². The Balaban J connectivity index is 2.91. The maximum atomic E-state index is 5.49. The average molecular weight is 136 g/mol. The molecule has 1 aromatic heterocycles. The highest BCUT2D eigenvalue weighted by Gasteiger charge is 1.93. The lowest BCUT2D eigenvalue weighted by Gasteiger charge is -1.99. The highest BCUT2D eigenvalue weighted by Crippen LogP contribution is 2.11. The highest BCUT2D eigenvalue weighted by molar-refractivity contribution is 5.60. The minimum atomic E-state index is 0.539. The summed E-state index contributed by atoms with van der Waals surface area (Å²) >= 11 is 0.